The minimum atomic E-state index is 0.0528. The summed E-state index contributed by atoms with van der Waals surface area (Å²) in [6.07, 6.45) is 2.21. The van der Waals surface area contributed by atoms with E-state index in [0.717, 1.165) is 35.2 Å². The minimum absolute atomic E-state index is 0.0528. The van der Waals surface area contributed by atoms with Gasteiger partial charge in [0, 0.05) is 28.2 Å². The van der Waals surface area contributed by atoms with E-state index in [0.29, 0.717) is 6.04 Å². The van der Waals surface area contributed by atoms with Crippen molar-refractivity contribution in [1.82, 2.24) is 10.3 Å². The second-order valence-corrected chi connectivity index (χ2v) is 5.88. The number of fused-ring (bicyclic) bond motifs is 1. The summed E-state index contributed by atoms with van der Waals surface area (Å²) in [5, 5.41) is 4.25. The number of rotatable bonds is 2. The maximum atomic E-state index is 12.2. The van der Waals surface area contributed by atoms with Gasteiger partial charge in [-0.2, -0.15) is 0 Å². The Labute approximate surface area is 113 Å². The summed E-state index contributed by atoms with van der Waals surface area (Å²) in [5.74, 6) is 0.805. The average Bonchev–Trinajstić information content (AvgIpc) is 2.63. The molecule has 1 heterocycles. The highest BCUT2D eigenvalue weighted by Crippen LogP contribution is 2.27. The Morgan fingerprint density at radius 2 is 2.05 bits per heavy atom. The fourth-order valence-corrected chi connectivity index (χ4v) is 2.89. The van der Waals surface area contributed by atoms with Gasteiger partial charge in [0.1, 0.15) is 0 Å². The Hall–Kier alpha value is -1.77. The number of aryl methyl sites for hydroxylation is 2. The van der Waals surface area contributed by atoms with Crippen LogP contribution in [0.25, 0.3) is 10.9 Å². The third kappa shape index (κ3) is 2.14. The number of hydrogen-bond acceptors (Lipinski definition) is 1. The molecule has 1 fully saturated rings. The van der Waals surface area contributed by atoms with Crippen molar-refractivity contribution >= 4 is 16.8 Å². The second kappa shape index (κ2) is 4.41. The molecular weight excluding hydrogens is 236 g/mol. The predicted octanol–water partition coefficient (Wildman–Crippen LogP) is 3.31. The molecule has 3 rings (SSSR count). The van der Waals surface area contributed by atoms with E-state index in [2.05, 4.69) is 31.1 Å². The monoisotopic (exact) mass is 256 g/mol. The lowest BCUT2D eigenvalue weighted by Crippen LogP contribution is -2.43. The van der Waals surface area contributed by atoms with Gasteiger partial charge in [-0.15, -0.1) is 0 Å². The number of H-pyrrole nitrogens is 1. The number of aromatic amines is 1. The summed E-state index contributed by atoms with van der Waals surface area (Å²) in [7, 11) is 0. The Kier molecular flexibility index (Phi) is 2.85. The van der Waals surface area contributed by atoms with Crippen LogP contribution in [0.5, 0.6) is 0 Å². The van der Waals surface area contributed by atoms with Gasteiger partial charge in [-0.3, -0.25) is 4.79 Å². The molecule has 0 aliphatic heterocycles. The maximum Gasteiger partial charge on any atom is 0.251 e. The number of carbonyl (C=O) groups excluding carboxylic acids is 1. The second-order valence-electron chi connectivity index (χ2n) is 5.88. The molecule has 3 heteroatoms. The molecule has 3 nitrogen and oxygen atoms in total. The van der Waals surface area contributed by atoms with Crippen molar-refractivity contribution in [3.63, 3.8) is 0 Å². The Morgan fingerprint density at radius 1 is 1.32 bits per heavy atom. The van der Waals surface area contributed by atoms with Gasteiger partial charge >= 0.3 is 0 Å². The van der Waals surface area contributed by atoms with Crippen LogP contribution in [0.2, 0.25) is 0 Å². The molecule has 0 unspecified atom stereocenters. The molecule has 1 aromatic heterocycles. The van der Waals surface area contributed by atoms with E-state index in [1.54, 1.807) is 0 Å². The van der Waals surface area contributed by atoms with Gasteiger partial charge in [0.25, 0.3) is 5.91 Å². The van der Waals surface area contributed by atoms with Crippen molar-refractivity contribution in [2.45, 2.75) is 39.7 Å². The lowest BCUT2D eigenvalue weighted by molar-refractivity contribution is 0.0896. The third-order valence-electron chi connectivity index (χ3n) is 4.28. The lowest BCUT2D eigenvalue weighted by Gasteiger charge is -2.33. The van der Waals surface area contributed by atoms with Crippen molar-refractivity contribution in [3.05, 3.63) is 35.0 Å². The molecule has 2 aromatic rings. The van der Waals surface area contributed by atoms with E-state index in [9.17, 15) is 4.79 Å². The quantitative estimate of drug-likeness (QED) is 0.850. The van der Waals surface area contributed by atoms with Crippen molar-refractivity contribution < 1.29 is 4.79 Å². The summed E-state index contributed by atoms with van der Waals surface area (Å²) < 4.78 is 0. The van der Waals surface area contributed by atoms with Crippen LogP contribution in [0.3, 0.4) is 0 Å². The normalized spacial score (nSPS) is 22.3. The third-order valence-corrected chi connectivity index (χ3v) is 4.28. The SMILES string of the molecule is Cc1[nH]c2ccc(C(=O)NC3CC(C)C3)cc2c1C. The highest BCUT2D eigenvalue weighted by molar-refractivity contribution is 5.99. The first-order chi connectivity index (χ1) is 9.04. The molecule has 2 N–H and O–H groups in total. The van der Waals surface area contributed by atoms with Crippen molar-refractivity contribution in [2.24, 2.45) is 5.92 Å². The van der Waals surface area contributed by atoms with E-state index >= 15 is 0 Å². The van der Waals surface area contributed by atoms with Crippen LogP contribution in [0.15, 0.2) is 18.2 Å². The average molecular weight is 256 g/mol. The molecule has 0 saturated heterocycles. The van der Waals surface area contributed by atoms with Gasteiger partial charge in [0.2, 0.25) is 0 Å². The van der Waals surface area contributed by atoms with E-state index in [1.807, 2.05) is 18.2 Å². The Bertz CT molecular complexity index is 635. The van der Waals surface area contributed by atoms with Crippen LogP contribution >= 0.6 is 0 Å². The van der Waals surface area contributed by atoms with Crippen LogP contribution in [0.4, 0.5) is 0 Å². The van der Waals surface area contributed by atoms with Crippen molar-refractivity contribution in [2.75, 3.05) is 0 Å². The largest absolute Gasteiger partial charge is 0.358 e. The number of amides is 1. The molecule has 1 aliphatic rings. The van der Waals surface area contributed by atoms with Crippen molar-refractivity contribution in [3.8, 4) is 0 Å². The van der Waals surface area contributed by atoms with Gasteiger partial charge in [-0.1, -0.05) is 6.92 Å². The molecule has 0 radical (unpaired) electrons. The zero-order chi connectivity index (χ0) is 13.6. The highest BCUT2D eigenvalue weighted by atomic mass is 16.1. The molecule has 0 bridgehead atoms. The van der Waals surface area contributed by atoms with Crippen LogP contribution < -0.4 is 5.32 Å². The van der Waals surface area contributed by atoms with E-state index < -0.39 is 0 Å². The van der Waals surface area contributed by atoms with Gasteiger partial charge in [0.15, 0.2) is 0 Å². The van der Waals surface area contributed by atoms with Crippen LogP contribution in [0.1, 0.15) is 41.4 Å². The topological polar surface area (TPSA) is 44.9 Å². The van der Waals surface area contributed by atoms with Crippen LogP contribution in [-0.2, 0) is 0 Å². The summed E-state index contributed by atoms with van der Waals surface area (Å²) in [6, 6.07) is 6.25. The van der Waals surface area contributed by atoms with E-state index in [-0.39, 0.29) is 5.91 Å². The van der Waals surface area contributed by atoms with E-state index in [4.69, 9.17) is 0 Å². The first-order valence-corrected chi connectivity index (χ1v) is 6.94. The number of carbonyl (C=O) groups is 1. The van der Waals surface area contributed by atoms with Gasteiger partial charge in [-0.25, -0.2) is 0 Å². The van der Waals surface area contributed by atoms with Crippen LogP contribution in [0, 0.1) is 19.8 Å². The number of nitrogens with one attached hydrogen (secondary N) is 2. The fraction of sp³-hybridized carbons (Fsp3) is 0.438. The van der Waals surface area contributed by atoms with Gasteiger partial charge in [-0.05, 0) is 56.4 Å². The fourth-order valence-electron chi connectivity index (χ4n) is 2.89. The van der Waals surface area contributed by atoms with E-state index in [1.165, 1.54) is 11.3 Å². The Morgan fingerprint density at radius 3 is 2.74 bits per heavy atom. The molecule has 1 amide bonds. The molecule has 0 spiro atoms. The summed E-state index contributed by atoms with van der Waals surface area (Å²) in [6.45, 7) is 6.37. The highest BCUT2D eigenvalue weighted by Gasteiger charge is 2.26. The first-order valence-electron chi connectivity index (χ1n) is 6.94. The summed E-state index contributed by atoms with van der Waals surface area (Å²) in [4.78, 5) is 15.5. The maximum absolute atomic E-state index is 12.2. The standard InChI is InChI=1S/C16H20N2O/c1-9-6-13(7-9)18-16(19)12-4-5-15-14(8-12)10(2)11(3)17-15/h4-5,8-9,13,17H,6-7H2,1-3H3,(H,18,19). The Balaban J connectivity index is 1.84. The van der Waals surface area contributed by atoms with Gasteiger partial charge in [0.05, 0.1) is 0 Å². The molecule has 0 atom stereocenters. The van der Waals surface area contributed by atoms with Gasteiger partial charge < -0.3 is 10.3 Å². The minimum Gasteiger partial charge on any atom is -0.358 e. The number of aromatic nitrogens is 1. The smallest absolute Gasteiger partial charge is 0.251 e. The number of hydrogen-bond donors (Lipinski definition) is 2. The molecule has 1 aromatic carbocycles. The summed E-state index contributed by atoms with van der Waals surface area (Å²) in [5.41, 5.74) is 4.25. The van der Waals surface area contributed by atoms with Crippen LogP contribution in [-0.4, -0.2) is 16.9 Å². The molecule has 100 valence electrons. The molecular formula is C16H20N2O. The zero-order valence-electron chi connectivity index (χ0n) is 11.7. The zero-order valence-corrected chi connectivity index (χ0v) is 11.7. The lowest BCUT2D eigenvalue weighted by atomic mass is 9.82. The summed E-state index contributed by atoms with van der Waals surface area (Å²) >= 11 is 0. The first kappa shape index (κ1) is 12.3. The predicted molar refractivity (Wildman–Crippen MR) is 77.4 cm³/mol. The molecule has 1 saturated carbocycles. The number of benzene rings is 1. The van der Waals surface area contributed by atoms with Crippen molar-refractivity contribution in [1.29, 1.82) is 0 Å². The molecule has 19 heavy (non-hydrogen) atoms. The molecule has 1 aliphatic carbocycles.